The predicted molar refractivity (Wildman–Crippen MR) is 64.2 cm³/mol. The molecule has 96 valence electrons. The number of carbonyl (C=O) groups is 1. The molecule has 1 aliphatic heterocycles. The topological polar surface area (TPSA) is 66.8 Å². The molecule has 1 aliphatic carbocycles. The standard InChI is InChI=1S/C14H16O4/c15-12-8-18-7-11(12)14(13(16)17)5-9-3-1-2-4-10(9)6-14/h1-4,11-12,15H,5-8H2,(H,16,17). The summed E-state index contributed by atoms with van der Waals surface area (Å²) in [5.41, 5.74) is 1.26. The van der Waals surface area contributed by atoms with Gasteiger partial charge >= 0.3 is 5.97 Å². The van der Waals surface area contributed by atoms with Crippen LogP contribution in [-0.2, 0) is 22.4 Å². The van der Waals surface area contributed by atoms with Crippen molar-refractivity contribution in [1.82, 2.24) is 0 Å². The second kappa shape index (κ2) is 4.07. The molecule has 2 aliphatic rings. The van der Waals surface area contributed by atoms with E-state index in [1.165, 1.54) is 0 Å². The Labute approximate surface area is 105 Å². The van der Waals surface area contributed by atoms with Crippen molar-refractivity contribution in [2.75, 3.05) is 13.2 Å². The van der Waals surface area contributed by atoms with Gasteiger partial charge in [-0.05, 0) is 24.0 Å². The van der Waals surface area contributed by atoms with Crippen LogP contribution in [0.2, 0.25) is 0 Å². The molecule has 0 spiro atoms. The van der Waals surface area contributed by atoms with Crippen LogP contribution in [0.1, 0.15) is 11.1 Å². The smallest absolute Gasteiger partial charge is 0.310 e. The molecule has 0 aromatic heterocycles. The number of rotatable bonds is 2. The number of hydrogen-bond donors (Lipinski definition) is 2. The van der Waals surface area contributed by atoms with Crippen LogP contribution < -0.4 is 0 Å². The Morgan fingerprint density at radius 2 is 1.83 bits per heavy atom. The van der Waals surface area contributed by atoms with Gasteiger partial charge in [-0.2, -0.15) is 0 Å². The number of fused-ring (bicyclic) bond motifs is 1. The van der Waals surface area contributed by atoms with Crippen molar-refractivity contribution in [2.45, 2.75) is 18.9 Å². The first-order valence-electron chi connectivity index (χ1n) is 6.19. The highest BCUT2D eigenvalue weighted by Gasteiger charge is 2.53. The van der Waals surface area contributed by atoms with Crippen LogP contribution in [0.4, 0.5) is 0 Å². The lowest BCUT2D eigenvalue weighted by molar-refractivity contribution is -0.154. The minimum atomic E-state index is -0.903. The zero-order chi connectivity index (χ0) is 12.8. The number of carboxylic acids is 1. The molecule has 18 heavy (non-hydrogen) atoms. The molecule has 0 amide bonds. The van der Waals surface area contributed by atoms with Crippen molar-refractivity contribution in [3.05, 3.63) is 35.4 Å². The van der Waals surface area contributed by atoms with Gasteiger partial charge in [0.1, 0.15) is 0 Å². The fourth-order valence-electron chi connectivity index (χ4n) is 3.29. The number of hydrogen-bond acceptors (Lipinski definition) is 3. The maximum Gasteiger partial charge on any atom is 0.310 e. The van der Waals surface area contributed by atoms with Gasteiger partial charge < -0.3 is 14.9 Å². The van der Waals surface area contributed by atoms with Crippen molar-refractivity contribution < 1.29 is 19.7 Å². The zero-order valence-electron chi connectivity index (χ0n) is 10.0. The van der Waals surface area contributed by atoms with E-state index in [1.54, 1.807) is 0 Å². The molecule has 2 atom stereocenters. The second-order valence-corrected chi connectivity index (χ2v) is 5.29. The summed E-state index contributed by atoms with van der Waals surface area (Å²) in [7, 11) is 0. The summed E-state index contributed by atoms with van der Waals surface area (Å²) in [6.45, 7) is 0.581. The molecule has 4 nitrogen and oxygen atoms in total. The van der Waals surface area contributed by atoms with E-state index >= 15 is 0 Å². The van der Waals surface area contributed by atoms with Crippen molar-refractivity contribution in [2.24, 2.45) is 11.3 Å². The van der Waals surface area contributed by atoms with E-state index in [1.807, 2.05) is 24.3 Å². The molecule has 1 saturated heterocycles. The van der Waals surface area contributed by atoms with E-state index in [0.29, 0.717) is 19.4 Å². The first-order valence-corrected chi connectivity index (χ1v) is 6.19. The largest absolute Gasteiger partial charge is 0.481 e. The number of ether oxygens (including phenoxy) is 1. The summed E-state index contributed by atoms with van der Waals surface area (Å²) >= 11 is 0. The Morgan fingerprint density at radius 1 is 1.22 bits per heavy atom. The Kier molecular flexibility index (Phi) is 2.64. The van der Waals surface area contributed by atoms with Crippen molar-refractivity contribution >= 4 is 5.97 Å². The van der Waals surface area contributed by atoms with Crippen LogP contribution in [0.25, 0.3) is 0 Å². The summed E-state index contributed by atoms with van der Waals surface area (Å²) in [6.07, 6.45) is 0.308. The fraction of sp³-hybridized carbons (Fsp3) is 0.500. The summed E-state index contributed by atoms with van der Waals surface area (Å²) in [5, 5.41) is 19.6. The van der Waals surface area contributed by atoms with Gasteiger partial charge in [0.25, 0.3) is 0 Å². The molecule has 3 rings (SSSR count). The van der Waals surface area contributed by atoms with E-state index in [0.717, 1.165) is 11.1 Å². The maximum absolute atomic E-state index is 11.8. The number of aliphatic hydroxyl groups excluding tert-OH is 1. The highest BCUT2D eigenvalue weighted by atomic mass is 16.5. The summed E-state index contributed by atoms with van der Waals surface area (Å²) in [4.78, 5) is 11.8. The Balaban J connectivity index is 1.99. The van der Waals surface area contributed by atoms with Gasteiger partial charge in [-0.25, -0.2) is 0 Å². The van der Waals surface area contributed by atoms with Gasteiger partial charge in [0, 0.05) is 5.92 Å². The SMILES string of the molecule is O=C(O)C1(C2COCC2O)Cc2ccccc2C1. The first-order chi connectivity index (χ1) is 8.63. The summed E-state index contributed by atoms with van der Waals surface area (Å²) in [6, 6.07) is 7.81. The predicted octanol–water partition coefficient (Wildman–Crippen LogP) is 0.863. The quantitative estimate of drug-likeness (QED) is 0.814. The van der Waals surface area contributed by atoms with Gasteiger partial charge in [-0.1, -0.05) is 24.3 Å². The zero-order valence-corrected chi connectivity index (χ0v) is 10.0. The third kappa shape index (κ3) is 1.56. The summed E-state index contributed by atoms with van der Waals surface area (Å²) < 4.78 is 5.24. The fourth-order valence-corrected chi connectivity index (χ4v) is 3.29. The van der Waals surface area contributed by atoms with Gasteiger partial charge in [-0.3, -0.25) is 4.79 Å². The van der Waals surface area contributed by atoms with Gasteiger partial charge in [0.05, 0.1) is 24.7 Å². The Bertz CT molecular complexity index is 457. The van der Waals surface area contributed by atoms with Crippen LogP contribution in [-0.4, -0.2) is 35.5 Å². The molecule has 2 N–H and O–H groups in total. The average molecular weight is 248 g/mol. The normalized spacial score (nSPS) is 29.2. The highest BCUT2D eigenvalue weighted by molar-refractivity contribution is 5.77. The van der Waals surface area contributed by atoms with E-state index in [9.17, 15) is 15.0 Å². The monoisotopic (exact) mass is 248 g/mol. The van der Waals surface area contributed by atoms with Gasteiger partial charge in [0.15, 0.2) is 0 Å². The number of benzene rings is 1. The lowest BCUT2D eigenvalue weighted by atomic mass is 9.71. The van der Waals surface area contributed by atoms with Crippen LogP contribution >= 0.6 is 0 Å². The van der Waals surface area contributed by atoms with Crippen LogP contribution in [0.3, 0.4) is 0 Å². The molecule has 1 aromatic carbocycles. The third-order valence-corrected chi connectivity index (χ3v) is 4.32. The molecular formula is C14H16O4. The Hall–Kier alpha value is -1.39. The van der Waals surface area contributed by atoms with Gasteiger partial charge in [-0.15, -0.1) is 0 Å². The molecule has 0 saturated carbocycles. The number of carboxylic acid groups (broad SMARTS) is 1. The van der Waals surface area contributed by atoms with Crippen molar-refractivity contribution in [1.29, 1.82) is 0 Å². The summed E-state index contributed by atoms with van der Waals surface area (Å²) in [5.74, 6) is -1.14. The van der Waals surface area contributed by atoms with Crippen LogP contribution in [0.15, 0.2) is 24.3 Å². The third-order valence-electron chi connectivity index (χ3n) is 4.32. The van der Waals surface area contributed by atoms with E-state index in [-0.39, 0.29) is 12.5 Å². The van der Waals surface area contributed by atoms with Crippen LogP contribution in [0.5, 0.6) is 0 Å². The molecule has 0 radical (unpaired) electrons. The molecule has 1 aromatic rings. The first kappa shape index (κ1) is 11.7. The van der Waals surface area contributed by atoms with Crippen LogP contribution in [0, 0.1) is 11.3 Å². The minimum absolute atomic E-state index is 0.246. The van der Waals surface area contributed by atoms with E-state index in [4.69, 9.17) is 4.74 Å². The van der Waals surface area contributed by atoms with E-state index in [2.05, 4.69) is 0 Å². The lowest BCUT2D eigenvalue weighted by Crippen LogP contribution is -2.44. The molecular weight excluding hydrogens is 232 g/mol. The lowest BCUT2D eigenvalue weighted by Gasteiger charge is -2.31. The highest BCUT2D eigenvalue weighted by Crippen LogP contribution is 2.45. The van der Waals surface area contributed by atoms with Crippen molar-refractivity contribution in [3.63, 3.8) is 0 Å². The second-order valence-electron chi connectivity index (χ2n) is 5.29. The van der Waals surface area contributed by atoms with Crippen molar-refractivity contribution in [3.8, 4) is 0 Å². The number of aliphatic carboxylic acids is 1. The molecule has 1 fully saturated rings. The maximum atomic E-state index is 11.8. The molecule has 0 bridgehead atoms. The number of aliphatic hydroxyl groups is 1. The molecule has 1 heterocycles. The average Bonchev–Trinajstić information content (AvgIpc) is 2.92. The Morgan fingerprint density at radius 3 is 2.28 bits per heavy atom. The molecule has 2 unspecified atom stereocenters. The van der Waals surface area contributed by atoms with Gasteiger partial charge in [0.2, 0.25) is 0 Å². The van der Waals surface area contributed by atoms with E-state index < -0.39 is 17.5 Å². The minimum Gasteiger partial charge on any atom is -0.481 e. The molecule has 4 heteroatoms.